The van der Waals surface area contributed by atoms with Crippen molar-refractivity contribution in [1.82, 2.24) is 14.5 Å². The van der Waals surface area contributed by atoms with Crippen molar-refractivity contribution in [3.05, 3.63) is 164 Å². The highest BCUT2D eigenvalue weighted by Gasteiger charge is 2.20. The SMILES string of the molecule is c1ccc(-n2c3ccccc3c3ccc4c5ccccc5nc(-c5cccc(-c6ccc(-c7nc8ccccc8s7)cc6)c5)c4c32)cc1. The second-order valence-corrected chi connectivity index (χ2v) is 13.2. The first kappa shape index (κ1) is 27.1. The molecular formula is C44H27N3S. The fraction of sp³-hybridized carbons (Fsp3) is 0. The van der Waals surface area contributed by atoms with E-state index in [0.29, 0.717) is 0 Å². The number of hydrogen-bond donors (Lipinski definition) is 0. The van der Waals surface area contributed by atoms with Crippen LogP contribution in [0.4, 0.5) is 0 Å². The standard InChI is InChI=1S/C44H27N3S/c1-2-13-32(14-3-1)47-39-19-8-5-16-34(39)36-26-25-35-33-15-4-6-17-37(33)45-42(41(35)43(36)47)31-12-10-11-30(27-31)28-21-23-29(24-22-28)44-46-38-18-7-9-20-40(38)48-44/h1-27H. The maximum atomic E-state index is 5.42. The summed E-state index contributed by atoms with van der Waals surface area (Å²) in [6.45, 7) is 0. The largest absolute Gasteiger partial charge is 0.309 e. The van der Waals surface area contributed by atoms with Gasteiger partial charge in [-0.05, 0) is 59.0 Å². The molecule has 7 aromatic carbocycles. The number of para-hydroxylation sites is 4. The Morgan fingerprint density at radius 2 is 1.12 bits per heavy atom. The third-order valence-corrected chi connectivity index (χ3v) is 10.5. The van der Waals surface area contributed by atoms with Crippen molar-refractivity contribution in [3.8, 4) is 38.6 Å². The maximum absolute atomic E-state index is 5.42. The van der Waals surface area contributed by atoms with Crippen molar-refractivity contribution in [1.29, 1.82) is 0 Å². The van der Waals surface area contributed by atoms with Crippen LogP contribution in [0.5, 0.6) is 0 Å². The van der Waals surface area contributed by atoms with E-state index in [1.165, 1.54) is 31.9 Å². The van der Waals surface area contributed by atoms with Crippen LogP contribution in [0.3, 0.4) is 0 Å². The summed E-state index contributed by atoms with van der Waals surface area (Å²) >= 11 is 1.73. The molecule has 0 amide bonds. The highest BCUT2D eigenvalue weighted by molar-refractivity contribution is 7.21. The molecule has 0 aliphatic heterocycles. The van der Waals surface area contributed by atoms with E-state index in [4.69, 9.17) is 9.97 Å². The molecule has 48 heavy (non-hydrogen) atoms. The minimum Gasteiger partial charge on any atom is -0.309 e. The molecule has 0 aliphatic carbocycles. The predicted octanol–water partition coefficient (Wildman–Crippen LogP) is 12.1. The number of fused-ring (bicyclic) bond motifs is 8. The molecule has 0 spiro atoms. The molecule has 10 rings (SSSR count). The highest BCUT2D eigenvalue weighted by Crippen LogP contribution is 2.43. The molecule has 3 aromatic heterocycles. The molecule has 10 aromatic rings. The lowest BCUT2D eigenvalue weighted by molar-refractivity contribution is 1.19. The van der Waals surface area contributed by atoms with E-state index in [0.717, 1.165) is 60.4 Å². The summed E-state index contributed by atoms with van der Waals surface area (Å²) in [4.78, 5) is 10.3. The van der Waals surface area contributed by atoms with Crippen LogP contribution in [0, 0.1) is 0 Å². The van der Waals surface area contributed by atoms with Gasteiger partial charge in [-0.3, -0.25) is 0 Å². The number of nitrogens with zero attached hydrogens (tertiary/aromatic N) is 3. The van der Waals surface area contributed by atoms with E-state index in [1.807, 2.05) is 6.07 Å². The molecule has 3 heterocycles. The van der Waals surface area contributed by atoms with Gasteiger partial charge in [0.1, 0.15) is 5.01 Å². The molecule has 0 saturated carbocycles. The van der Waals surface area contributed by atoms with Crippen molar-refractivity contribution < 1.29 is 0 Å². The van der Waals surface area contributed by atoms with Crippen LogP contribution in [0.25, 0.3) is 92.3 Å². The smallest absolute Gasteiger partial charge is 0.124 e. The molecule has 0 atom stereocenters. The predicted molar refractivity (Wildman–Crippen MR) is 203 cm³/mol. The van der Waals surface area contributed by atoms with Crippen LogP contribution in [0.2, 0.25) is 0 Å². The molecule has 0 aliphatic rings. The van der Waals surface area contributed by atoms with Crippen LogP contribution >= 0.6 is 11.3 Å². The van der Waals surface area contributed by atoms with Gasteiger partial charge in [0.05, 0.1) is 32.5 Å². The summed E-state index contributed by atoms with van der Waals surface area (Å²) in [6, 6.07) is 58.4. The summed E-state index contributed by atoms with van der Waals surface area (Å²) < 4.78 is 3.62. The first-order valence-corrected chi connectivity index (χ1v) is 17.0. The van der Waals surface area contributed by atoms with Gasteiger partial charge in [0.2, 0.25) is 0 Å². The zero-order valence-electron chi connectivity index (χ0n) is 25.8. The summed E-state index contributed by atoms with van der Waals surface area (Å²) in [5.41, 5.74) is 11.1. The second kappa shape index (κ2) is 10.7. The molecule has 224 valence electrons. The van der Waals surface area contributed by atoms with Crippen LogP contribution in [0.1, 0.15) is 0 Å². The minimum absolute atomic E-state index is 0.988. The van der Waals surface area contributed by atoms with Gasteiger partial charge in [-0.2, -0.15) is 0 Å². The van der Waals surface area contributed by atoms with E-state index in [-0.39, 0.29) is 0 Å². The Hall–Kier alpha value is -6.10. The Kier molecular flexibility index (Phi) is 6.05. The van der Waals surface area contributed by atoms with Crippen LogP contribution in [-0.4, -0.2) is 14.5 Å². The van der Waals surface area contributed by atoms with Gasteiger partial charge in [-0.15, -0.1) is 11.3 Å². The van der Waals surface area contributed by atoms with E-state index < -0.39 is 0 Å². The van der Waals surface area contributed by atoms with Crippen LogP contribution in [-0.2, 0) is 0 Å². The van der Waals surface area contributed by atoms with Gasteiger partial charge in [0.15, 0.2) is 0 Å². The third kappa shape index (κ3) is 4.20. The van der Waals surface area contributed by atoms with Crippen molar-refractivity contribution in [2.75, 3.05) is 0 Å². The van der Waals surface area contributed by atoms with Gasteiger partial charge >= 0.3 is 0 Å². The average molecular weight is 630 g/mol. The lowest BCUT2D eigenvalue weighted by atomic mass is 9.95. The van der Waals surface area contributed by atoms with Crippen LogP contribution in [0.15, 0.2) is 164 Å². The number of benzene rings is 7. The summed E-state index contributed by atoms with van der Waals surface area (Å²) in [5.74, 6) is 0. The van der Waals surface area contributed by atoms with E-state index >= 15 is 0 Å². The number of rotatable bonds is 4. The third-order valence-electron chi connectivity index (χ3n) is 9.41. The lowest BCUT2D eigenvalue weighted by Crippen LogP contribution is -1.97. The molecule has 0 unspecified atom stereocenters. The van der Waals surface area contributed by atoms with Crippen molar-refractivity contribution in [2.24, 2.45) is 0 Å². The molecular weight excluding hydrogens is 603 g/mol. The fourth-order valence-electron chi connectivity index (χ4n) is 7.20. The molecule has 3 nitrogen and oxygen atoms in total. The van der Waals surface area contributed by atoms with E-state index in [1.54, 1.807) is 11.3 Å². The highest BCUT2D eigenvalue weighted by atomic mass is 32.1. The van der Waals surface area contributed by atoms with Gasteiger partial charge in [-0.1, -0.05) is 121 Å². The van der Waals surface area contributed by atoms with Gasteiger partial charge < -0.3 is 4.57 Å². The number of aromatic nitrogens is 3. The van der Waals surface area contributed by atoms with Crippen molar-refractivity contribution in [2.45, 2.75) is 0 Å². The quantitative estimate of drug-likeness (QED) is 0.181. The van der Waals surface area contributed by atoms with Gasteiger partial charge in [-0.25, -0.2) is 9.97 Å². The molecule has 4 heteroatoms. The van der Waals surface area contributed by atoms with Crippen LogP contribution < -0.4 is 0 Å². The summed E-state index contributed by atoms with van der Waals surface area (Å²) in [7, 11) is 0. The number of pyridine rings is 1. The van der Waals surface area contributed by atoms with Gasteiger partial charge in [0, 0.05) is 38.4 Å². The van der Waals surface area contributed by atoms with Crippen molar-refractivity contribution >= 4 is 65.0 Å². The van der Waals surface area contributed by atoms with Crippen molar-refractivity contribution in [3.63, 3.8) is 0 Å². The molecule has 0 fully saturated rings. The van der Waals surface area contributed by atoms with Gasteiger partial charge in [0.25, 0.3) is 0 Å². The number of thiazole rings is 1. The Balaban J connectivity index is 1.20. The monoisotopic (exact) mass is 629 g/mol. The Bertz CT molecular complexity index is 2790. The molecule has 0 N–H and O–H groups in total. The lowest BCUT2D eigenvalue weighted by Gasteiger charge is -2.15. The summed E-state index contributed by atoms with van der Waals surface area (Å²) in [6.07, 6.45) is 0. The Labute approximate surface area is 281 Å². The summed E-state index contributed by atoms with van der Waals surface area (Å²) in [5, 5.41) is 7.02. The Morgan fingerprint density at radius 1 is 0.438 bits per heavy atom. The average Bonchev–Trinajstić information content (AvgIpc) is 3.75. The normalized spacial score (nSPS) is 11.8. The van der Waals surface area contributed by atoms with E-state index in [2.05, 4.69) is 162 Å². The minimum atomic E-state index is 0.988. The fourth-order valence-corrected chi connectivity index (χ4v) is 8.17. The Morgan fingerprint density at radius 3 is 1.98 bits per heavy atom. The molecule has 0 radical (unpaired) electrons. The van der Waals surface area contributed by atoms with E-state index in [9.17, 15) is 0 Å². The maximum Gasteiger partial charge on any atom is 0.124 e. The topological polar surface area (TPSA) is 30.7 Å². The first-order chi connectivity index (χ1) is 23.8. The zero-order valence-corrected chi connectivity index (χ0v) is 26.7. The molecule has 0 saturated heterocycles. The zero-order chi connectivity index (χ0) is 31.6. The second-order valence-electron chi connectivity index (χ2n) is 12.2. The number of hydrogen-bond acceptors (Lipinski definition) is 3. The molecule has 0 bridgehead atoms. The first-order valence-electron chi connectivity index (χ1n) is 16.2.